The first-order valence-corrected chi connectivity index (χ1v) is 9.95. The van der Waals surface area contributed by atoms with Crippen molar-refractivity contribution in [2.45, 2.75) is 13.8 Å². The molecule has 1 fully saturated rings. The number of carbonyl (C=O) groups is 3. The van der Waals surface area contributed by atoms with Crippen molar-refractivity contribution in [3.8, 4) is 0 Å². The zero-order valence-corrected chi connectivity index (χ0v) is 17.6. The third-order valence-corrected chi connectivity index (χ3v) is 5.30. The molecule has 1 saturated heterocycles. The molecule has 1 aliphatic heterocycles. The first-order chi connectivity index (χ1) is 14.4. The molecule has 2 aromatic rings. The van der Waals surface area contributed by atoms with E-state index in [9.17, 15) is 14.4 Å². The number of rotatable bonds is 5. The number of amides is 2. The van der Waals surface area contributed by atoms with Gasteiger partial charge in [0, 0.05) is 37.4 Å². The fraction of sp³-hybridized carbons (Fsp3) is 0.348. The van der Waals surface area contributed by atoms with Gasteiger partial charge in [-0.15, -0.1) is 0 Å². The highest BCUT2D eigenvalue weighted by molar-refractivity contribution is 5.98. The quantitative estimate of drug-likeness (QED) is 0.768. The van der Waals surface area contributed by atoms with Crippen LogP contribution in [0.1, 0.15) is 31.8 Å². The minimum atomic E-state index is -0.468. The average molecular weight is 409 g/mol. The zero-order chi connectivity index (χ0) is 21.7. The molecule has 2 aromatic carbocycles. The second-order valence-electron chi connectivity index (χ2n) is 7.46. The maximum Gasteiger partial charge on any atom is 0.337 e. The summed E-state index contributed by atoms with van der Waals surface area (Å²) in [7, 11) is 1.31. The molecule has 2 amide bonds. The number of anilines is 1. The van der Waals surface area contributed by atoms with E-state index >= 15 is 0 Å². The van der Waals surface area contributed by atoms with Gasteiger partial charge < -0.3 is 15.0 Å². The smallest absolute Gasteiger partial charge is 0.337 e. The number of hydrogen-bond acceptors (Lipinski definition) is 5. The van der Waals surface area contributed by atoms with Crippen LogP contribution in [-0.2, 0) is 9.53 Å². The predicted molar refractivity (Wildman–Crippen MR) is 115 cm³/mol. The number of esters is 1. The number of ether oxygens (including phenoxy) is 1. The number of aryl methyl sites for hydroxylation is 2. The van der Waals surface area contributed by atoms with E-state index in [1.54, 1.807) is 29.2 Å². The number of piperazine rings is 1. The van der Waals surface area contributed by atoms with E-state index in [0.717, 1.165) is 16.8 Å². The monoisotopic (exact) mass is 409 g/mol. The normalized spacial score (nSPS) is 14.3. The average Bonchev–Trinajstić information content (AvgIpc) is 2.76. The Morgan fingerprint density at radius 1 is 0.933 bits per heavy atom. The second kappa shape index (κ2) is 9.54. The molecule has 0 aliphatic carbocycles. The summed E-state index contributed by atoms with van der Waals surface area (Å²) in [6, 6.07) is 12.5. The highest BCUT2D eigenvalue weighted by atomic mass is 16.5. The van der Waals surface area contributed by atoms with Crippen LogP contribution in [0, 0.1) is 13.8 Å². The van der Waals surface area contributed by atoms with Gasteiger partial charge in [0.2, 0.25) is 5.91 Å². The maximum absolute atomic E-state index is 12.8. The lowest BCUT2D eigenvalue weighted by Crippen LogP contribution is -2.50. The van der Waals surface area contributed by atoms with Gasteiger partial charge in [0.15, 0.2) is 0 Å². The maximum atomic E-state index is 12.8. The Bertz CT molecular complexity index is 929. The van der Waals surface area contributed by atoms with Gasteiger partial charge >= 0.3 is 5.97 Å². The van der Waals surface area contributed by atoms with Gasteiger partial charge in [-0.3, -0.25) is 14.5 Å². The molecule has 1 aliphatic rings. The highest BCUT2D eigenvalue weighted by Gasteiger charge is 2.24. The Labute approximate surface area is 176 Å². The molecular formula is C23H27N3O4. The Morgan fingerprint density at radius 2 is 1.53 bits per heavy atom. The molecule has 0 spiro atoms. The SMILES string of the molecule is COC(=O)c1cccc(C(=O)N2CCN(CC(=O)Nc3c(C)cccc3C)CC2)c1. The first-order valence-electron chi connectivity index (χ1n) is 9.95. The summed E-state index contributed by atoms with van der Waals surface area (Å²) < 4.78 is 4.72. The molecular weight excluding hydrogens is 382 g/mol. The van der Waals surface area contributed by atoms with Crippen LogP contribution in [-0.4, -0.2) is 67.4 Å². The standard InChI is InChI=1S/C23H27N3O4/c1-16-6-4-7-17(2)21(16)24-20(27)15-25-10-12-26(13-11-25)22(28)18-8-5-9-19(14-18)23(29)30-3/h4-9,14H,10-13,15H2,1-3H3,(H,24,27). The molecule has 0 bridgehead atoms. The molecule has 0 unspecified atom stereocenters. The number of carbonyl (C=O) groups excluding carboxylic acids is 3. The lowest BCUT2D eigenvalue weighted by Gasteiger charge is -2.34. The molecule has 7 nitrogen and oxygen atoms in total. The van der Waals surface area contributed by atoms with Crippen molar-refractivity contribution >= 4 is 23.5 Å². The molecule has 0 atom stereocenters. The Kier molecular flexibility index (Phi) is 6.84. The Balaban J connectivity index is 1.54. The van der Waals surface area contributed by atoms with Crippen molar-refractivity contribution in [2.75, 3.05) is 45.2 Å². The van der Waals surface area contributed by atoms with Crippen LogP contribution in [0.2, 0.25) is 0 Å². The Morgan fingerprint density at radius 3 is 2.17 bits per heavy atom. The van der Waals surface area contributed by atoms with Crippen molar-refractivity contribution in [1.29, 1.82) is 0 Å². The summed E-state index contributed by atoms with van der Waals surface area (Å²) in [6.07, 6.45) is 0. The van der Waals surface area contributed by atoms with Crippen molar-refractivity contribution in [1.82, 2.24) is 9.80 Å². The molecule has 3 rings (SSSR count). The van der Waals surface area contributed by atoms with Gasteiger partial charge in [0.05, 0.1) is 19.2 Å². The number of methoxy groups -OCH3 is 1. The lowest BCUT2D eigenvalue weighted by atomic mass is 10.1. The van der Waals surface area contributed by atoms with Crippen molar-refractivity contribution in [3.63, 3.8) is 0 Å². The number of nitrogens with zero attached hydrogens (tertiary/aromatic N) is 2. The van der Waals surface area contributed by atoms with Gasteiger partial charge in [-0.25, -0.2) is 4.79 Å². The van der Waals surface area contributed by atoms with Gasteiger partial charge in [0.25, 0.3) is 5.91 Å². The van der Waals surface area contributed by atoms with Crippen LogP contribution in [0.3, 0.4) is 0 Å². The molecule has 1 heterocycles. The lowest BCUT2D eigenvalue weighted by molar-refractivity contribution is -0.117. The number of hydrogen-bond donors (Lipinski definition) is 1. The highest BCUT2D eigenvalue weighted by Crippen LogP contribution is 2.19. The van der Waals surface area contributed by atoms with Crippen LogP contribution in [0.5, 0.6) is 0 Å². The van der Waals surface area contributed by atoms with Crippen molar-refractivity contribution in [2.24, 2.45) is 0 Å². The molecule has 0 saturated carbocycles. The third-order valence-electron chi connectivity index (χ3n) is 5.30. The summed E-state index contributed by atoms with van der Waals surface area (Å²) in [5.74, 6) is -0.650. The van der Waals surface area contributed by atoms with Gasteiger partial charge in [-0.05, 0) is 43.2 Å². The number of para-hydroxylation sites is 1. The Hall–Kier alpha value is -3.19. The summed E-state index contributed by atoms with van der Waals surface area (Å²) in [5, 5.41) is 3.00. The summed E-state index contributed by atoms with van der Waals surface area (Å²) in [5.41, 5.74) is 3.74. The molecule has 158 valence electrons. The van der Waals surface area contributed by atoms with Crippen LogP contribution in [0.25, 0.3) is 0 Å². The van der Waals surface area contributed by atoms with E-state index in [0.29, 0.717) is 37.3 Å². The van der Waals surface area contributed by atoms with Gasteiger partial charge in [-0.2, -0.15) is 0 Å². The van der Waals surface area contributed by atoms with E-state index in [1.165, 1.54) is 7.11 Å². The van der Waals surface area contributed by atoms with Crippen LogP contribution < -0.4 is 5.32 Å². The molecule has 0 aromatic heterocycles. The van der Waals surface area contributed by atoms with Crippen LogP contribution in [0.4, 0.5) is 5.69 Å². The largest absolute Gasteiger partial charge is 0.465 e. The second-order valence-corrected chi connectivity index (χ2v) is 7.46. The molecule has 1 N–H and O–H groups in total. The van der Waals surface area contributed by atoms with E-state index in [4.69, 9.17) is 4.74 Å². The molecule has 7 heteroatoms. The molecule has 30 heavy (non-hydrogen) atoms. The minimum absolute atomic E-state index is 0.0574. The van der Waals surface area contributed by atoms with E-state index in [2.05, 4.69) is 5.32 Å². The summed E-state index contributed by atoms with van der Waals surface area (Å²) in [4.78, 5) is 40.7. The predicted octanol–water partition coefficient (Wildman–Crippen LogP) is 2.49. The summed E-state index contributed by atoms with van der Waals surface area (Å²) in [6.45, 7) is 6.51. The topological polar surface area (TPSA) is 79.0 Å². The van der Waals surface area contributed by atoms with Crippen LogP contribution >= 0.6 is 0 Å². The van der Waals surface area contributed by atoms with Gasteiger partial charge in [-0.1, -0.05) is 24.3 Å². The number of nitrogens with one attached hydrogen (secondary N) is 1. The fourth-order valence-electron chi connectivity index (χ4n) is 3.58. The number of benzene rings is 2. The van der Waals surface area contributed by atoms with E-state index < -0.39 is 5.97 Å². The van der Waals surface area contributed by atoms with E-state index in [-0.39, 0.29) is 18.4 Å². The van der Waals surface area contributed by atoms with E-state index in [1.807, 2.05) is 36.9 Å². The minimum Gasteiger partial charge on any atom is -0.465 e. The van der Waals surface area contributed by atoms with Crippen molar-refractivity contribution in [3.05, 3.63) is 64.7 Å². The van der Waals surface area contributed by atoms with Gasteiger partial charge in [0.1, 0.15) is 0 Å². The third kappa shape index (κ3) is 5.04. The van der Waals surface area contributed by atoms with Crippen molar-refractivity contribution < 1.29 is 19.1 Å². The first kappa shape index (κ1) is 21.5. The zero-order valence-electron chi connectivity index (χ0n) is 17.6. The fourth-order valence-corrected chi connectivity index (χ4v) is 3.58. The summed E-state index contributed by atoms with van der Waals surface area (Å²) >= 11 is 0. The molecule has 0 radical (unpaired) electrons. The van der Waals surface area contributed by atoms with Crippen LogP contribution in [0.15, 0.2) is 42.5 Å².